The van der Waals surface area contributed by atoms with Crippen LogP contribution < -0.4 is 0 Å². The molecule has 1 nitrogen and oxygen atoms in total. The van der Waals surface area contributed by atoms with E-state index in [1.165, 1.54) is 6.42 Å². The Bertz CT molecular complexity index is 206. The minimum atomic E-state index is 0.542. The maximum absolute atomic E-state index is 5.26. The number of rotatable bonds is 2. The maximum atomic E-state index is 5.26. The summed E-state index contributed by atoms with van der Waals surface area (Å²) >= 11 is 0. The van der Waals surface area contributed by atoms with Crippen molar-refractivity contribution in [3.8, 4) is 0 Å². The summed E-state index contributed by atoms with van der Waals surface area (Å²) < 4.78 is 5.26. The Kier molecular flexibility index (Phi) is 21.3. The normalized spacial score (nSPS) is 12.6. The van der Waals surface area contributed by atoms with Gasteiger partial charge in [0.05, 0.1) is 6.61 Å². The van der Waals surface area contributed by atoms with Gasteiger partial charge >= 0.3 is 0 Å². The zero-order valence-electron chi connectivity index (χ0n) is 15.0. The molecule has 0 aromatic carbocycles. The van der Waals surface area contributed by atoms with Crippen LogP contribution in [0, 0.1) is 5.41 Å². The van der Waals surface area contributed by atoms with Gasteiger partial charge in [0, 0.05) is 0 Å². The first-order valence-electron chi connectivity index (χ1n) is 7.99. The van der Waals surface area contributed by atoms with Crippen LogP contribution in [-0.4, -0.2) is 6.61 Å². The van der Waals surface area contributed by atoms with E-state index >= 15 is 0 Å². The molecule has 116 valence electrons. The molecule has 0 unspecified atom stereocenters. The van der Waals surface area contributed by atoms with Gasteiger partial charge < -0.3 is 4.74 Å². The van der Waals surface area contributed by atoms with Crippen LogP contribution in [0.15, 0.2) is 24.0 Å². The summed E-state index contributed by atoms with van der Waals surface area (Å²) in [6.07, 6.45) is 9.87. The summed E-state index contributed by atoms with van der Waals surface area (Å²) in [4.78, 5) is 0. The molecule has 0 spiro atoms. The van der Waals surface area contributed by atoms with E-state index in [2.05, 4.69) is 39.8 Å². The van der Waals surface area contributed by atoms with Crippen LogP contribution >= 0.6 is 0 Å². The molecule has 1 heteroatoms. The fraction of sp³-hybridized carbons (Fsp3) is 0.778. The highest BCUT2D eigenvalue weighted by Crippen LogP contribution is 2.16. The third-order valence-electron chi connectivity index (χ3n) is 2.33. The molecule has 0 bridgehead atoms. The molecule has 0 N–H and O–H groups in total. The summed E-state index contributed by atoms with van der Waals surface area (Å²) in [6, 6.07) is 0. The van der Waals surface area contributed by atoms with Gasteiger partial charge in [-0.2, -0.15) is 0 Å². The largest absolute Gasteiger partial charge is 0.494 e. The Morgan fingerprint density at radius 3 is 1.74 bits per heavy atom. The van der Waals surface area contributed by atoms with E-state index in [-0.39, 0.29) is 0 Å². The molecule has 0 aromatic rings. The molecular weight excluding hydrogens is 232 g/mol. The molecular formula is C18H38O. The second-order valence-electron chi connectivity index (χ2n) is 4.93. The third-order valence-corrected chi connectivity index (χ3v) is 2.33. The van der Waals surface area contributed by atoms with Gasteiger partial charge in [0.25, 0.3) is 0 Å². The summed E-state index contributed by atoms with van der Waals surface area (Å²) in [5.74, 6) is 1.03. The molecule has 0 fully saturated rings. The average molecular weight is 271 g/mol. The predicted molar refractivity (Wildman–Crippen MR) is 90.5 cm³/mol. The summed E-state index contributed by atoms with van der Waals surface area (Å²) in [7, 11) is 0. The smallest absolute Gasteiger partial charge is 0.114 e. The SMILES string of the molecule is CC.CC.CCC(C)(C)C.CCOC1=CCCC=C1. The first-order chi connectivity index (χ1) is 8.99. The van der Waals surface area contributed by atoms with Crippen LogP contribution in [-0.2, 0) is 4.74 Å². The Hall–Kier alpha value is -0.720. The minimum Gasteiger partial charge on any atom is -0.494 e. The highest BCUT2D eigenvalue weighted by molar-refractivity contribution is 5.15. The molecule has 1 aliphatic carbocycles. The van der Waals surface area contributed by atoms with E-state index in [1.807, 2.05) is 40.7 Å². The summed E-state index contributed by atoms with van der Waals surface area (Å²) in [6.45, 7) is 19.7. The van der Waals surface area contributed by atoms with Crippen molar-refractivity contribution in [1.29, 1.82) is 0 Å². The topological polar surface area (TPSA) is 9.23 Å². The molecule has 0 radical (unpaired) electrons. The minimum absolute atomic E-state index is 0.542. The van der Waals surface area contributed by atoms with Gasteiger partial charge in [-0.25, -0.2) is 0 Å². The van der Waals surface area contributed by atoms with Gasteiger partial charge in [0.2, 0.25) is 0 Å². The highest BCUT2D eigenvalue weighted by Gasteiger charge is 2.03. The average Bonchev–Trinajstić information content (AvgIpc) is 2.45. The van der Waals surface area contributed by atoms with Crippen LogP contribution in [0.2, 0.25) is 0 Å². The Morgan fingerprint density at radius 2 is 1.47 bits per heavy atom. The van der Waals surface area contributed by atoms with Crippen LogP contribution in [0.1, 0.15) is 81.6 Å². The summed E-state index contributed by atoms with van der Waals surface area (Å²) in [5, 5.41) is 0. The van der Waals surface area contributed by atoms with Gasteiger partial charge in [-0.3, -0.25) is 0 Å². The number of ether oxygens (including phenoxy) is 1. The van der Waals surface area contributed by atoms with Gasteiger partial charge in [-0.15, -0.1) is 0 Å². The fourth-order valence-electron chi connectivity index (χ4n) is 0.863. The molecule has 0 atom stereocenters. The van der Waals surface area contributed by atoms with Crippen molar-refractivity contribution in [2.75, 3.05) is 6.61 Å². The van der Waals surface area contributed by atoms with Crippen molar-refractivity contribution in [3.05, 3.63) is 24.0 Å². The number of hydrogen-bond acceptors (Lipinski definition) is 1. The monoisotopic (exact) mass is 270 g/mol. The molecule has 0 aliphatic heterocycles. The van der Waals surface area contributed by atoms with Crippen LogP contribution in [0.5, 0.6) is 0 Å². The Balaban J connectivity index is -0.000000224. The van der Waals surface area contributed by atoms with Crippen molar-refractivity contribution < 1.29 is 4.74 Å². The van der Waals surface area contributed by atoms with Crippen molar-refractivity contribution in [2.45, 2.75) is 81.6 Å². The van der Waals surface area contributed by atoms with E-state index in [1.54, 1.807) is 0 Å². The Morgan fingerprint density at radius 1 is 1.00 bits per heavy atom. The quantitative estimate of drug-likeness (QED) is 0.539. The molecule has 0 saturated carbocycles. The van der Waals surface area contributed by atoms with Crippen LogP contribution in [0.3, 0.4) is 0 Å². The maximum Gasteiger partial charge on any atom is 0.114 e. The van der Waals surface area contributed by atoms with Crippen molar-refractivity contribution in [3.63, 3.8) is 0 Å². The second kappa shape index (κ2) is 17.3. The van der Waals surface area contributed by atoms with Crippen LogP contribution in [0.4, 0.5) is 0 Å². The van der Waals surface area contributed by atoms with E-state index in [0.29, 0.717) is 5.41 Å². The molecule has 19 heavy (non-hydrogen) atoms. The molecule has 1 aliphatic rings. The van der Waals surface area contributed by atoms with E-state index in [0.717, 1.165) is 25.2 Å². The lowest BCUT2D eigenvalue weighted by molar-refractivity contribution is 0.240. The molecule has 0 heterocycles. The zero-order chi connectivity index (χ0) is 15.7. The van der Waals surface area contributed by atoms with Crippen LogP contribution in [0.25, 0.3) is 0 Å². The van der Waals surface area contributed by atoms with Crippen molar-refractivity contribution in [1.82, 2.24) is 0 Å². The van der Waals surface area contributed by atoms with E-state index < -0.39 is 0 Å². The van der Waals surface area contributed by atoms with Gasteiger partial charge in [0.15, 0.2) is 0 Å². The van der Waals surface area contributed by atoms with E-state index in [4.69, 9.17) is 4.74 Å². The van der Waals surface area contributed by atoms with Gasteiger partial charge in [-0.05, 0) is 37.3 Å². The van der Waals surface area contributed by atoms with Crippen molar-refractivity contribution >= 4 is 0 Å². The predicted octanol–water partition coefficient (Wildman–Crippen LogP) is 6.75. The lowest BCUT2D eigenvalue weighted by atomic mass is 9.94. The highest BCUT2D eigenvalue weighted by atomic mass is 16.5. The molecule has 0 aromatic heterocycles. The first-order valence-corrected chi connectivity index (χ1v) is 7.99. The van der Waals surface area contributed by atoms with Crippen molar-refractivity contribution in [2.24, 2.45) is 5.41 Å². The second-order valence-corrected chi connectivity index (χ2v) is 4.93. The molecule has 0 saturated heterocycles. The molecule has 0 amide bonds. The Labute approximate surface area is 123 Å². The van der Waals surface area contributed by atoms with Gasteiger partial charge in [-0.1, -0.05) is 67.9 Å². The lowest BCUT2D eigenvalue weighted by Crippen LogP contribution is -2.00. The fourth-order valence-corrected chi connectivity index (χ4v) is 0.863. The standard InChI is InChI=1S/C8H12O.C6H14.2C2H6/c1-2-9-8-6-4-3-5-7-8;1-5-6(2,3)4;2*1-2/h4,6-7H,2-3,5H2,1H3;5H2,1-4H3;2*1-2H3. The number of hydrogen-bond donors (Lipinski definition) is 0. The number of allylic oxidation sites excluding steroid dienone is 3. The molecule has 1 rings (SSSR count). The van der Waals surface area contributed by atoms with Gasteiger partial charge in [0.1, 0.15) is 5.76 Å². The third kappa shape index (κ3) is 22.9. The summed E-state index contributed by atoms with van der Waals surface area (Å²) in [5.41, 5.74) is 0.542. The zero-order valence-corrected chi connectivity index (χ0v) is 15.0. The lowest BCUT2D eigenvalue weighted by Gasteiger charge is -2.12. The van der Waals surface area contributed by atoms with E-state index in [9.17, 15) is 0 Å². The first kappa shape index (κ1) is 23.4.